The summed E-state index contributed by atoms with van der Waals surface area (Å²) >= 11 is 0. The molecule has 140 valence electrons. The number of hydrogen-bond acceptors (Lipinski definition) is 4. The van der Waals surface area contributed by atoms with Crippen molar-refractivity contribution in [3.05, 3.63) is 36.3 Å². The number of H-pyrrole nitrogens is 1. The van der Waals surface area contributed by atoms with Gasteiger partial charge in [-0.3, -0.25) is 19.7 Å². The first kappa shape index (κ1) is 16.5. The Hall–Kier alpha value is -2.70. The molecule has 0 saturated carbocycles. The van der Waals surface area contributed by atoms with Gasteiger partial charge in [-0.25, -0.2) is 0 Å². The van der Waals surface area contributed by atoms with Gasteiger partial charge in [0.05, 0.1) is 5.69 Å². The number of nitrogens with one attached hydrogen (secondary N) is 1. The largest absolute Gasteiger partial charge is 0.339 e. The molecule has 0 aromatic carbocycles. The van der Waals surface area contributed by atoms with Gasteiger partial charge in [-0.15, -0.1) is 0 Å². The van der Waals surface area contributed by atoms with Gasteiger partial charge in [0.1, 0.15) is 5.69 Å². The standard InChI is InChI=1S/C20H23N5O2/c26-19-3-1-2-18-15-8-13(11-25(18)19)10-24(12-15)20(27)17-9-16(22-23-17)14-4-6-21-7-5-14/h4-7,9,13,15,18H,1-3,8,10-12H2,(H,22,23)/t13-,15+,18+/m1/s1. The monoisotopic (exact) mass is 365 g/mol. The number of piperidine rings is 3. The van der Waals surface area contributed by atoms with Crippen LogP contribution >= 0.6 is 0 Å². The predicted molar refractivity (Wildman–Crippen MR) is 98.7 cm³/mol. The van der Waals surface area contributed by atoms with Gasteiger partial charge >= 0.3 is 0 Å². The minimum Gasteiger partial charge on any atom is -0.339 e. The molecule has 2 bridgehead atoms. The number of amides is 2. The minimum atomic E-state index is 0.00749. The third-order valence-corrected chi connectivity index (χ3v) is 6.25. The number of hydrogen-bond donors (Lipinski definition) is 1. The van der Waals surface area contributed by atoms with E-state index in [1.807, 2.05) is 23.1 Å². The topological polar surface area (TPSA) is 82.2 Å². The number of rotatable bonds is 2. The van der Waals surface area contributed by atoms with Crippen LogP contribution in [0.15, 0.2) is 30.6 Å². The van der Waals surface area contributed by atoms with E-state index in [0.717, 1.165) is 50.2 Å². The second-order valence-corrected chi connectivity index (χ2v) is 7.98. The first-order valence-electron chi connectivity index (χ1n) is 9.73. The number of carbonyl (C=O) groups is 2. The molecule has 5 rings (SSSR count). The van der Waals surface area contributed by atoms with E-state index in [2.05, 4.69) is 20.1 Å². The van der Waals surface area contributed by atoms with Gasteiger partial charge in [0, 0.05) is 50.1 Å². The zero-order chi connectivity index (χ0) is 18.4. The fourth-order valence-electron chi connectivity index (χ4n) is 5.05. The zero-order valence-corrected chi connectivity index (χ0v) is 15.2. The Morgan fingerprint density at radius 3 is 2.89 bits per heavy atom. The lowest BCUT2D eigenvalue weighted by atomic mass is 9.76. The molecule has 0 unspecified atom stereocenters. The summed E-state index contributed by atoms with van der Waals surface area (Å²) in [6, 6.07) is 5.89. The summed E-state index contributed by atoms with van der Waals surface area (Å²) in [6.45, 7) is 2.25. The Morgan fingerprint density at radius 2 is 2.04 bits per heavy atom. The maximum atomic E-state index is 13.1. The fourth-order valence-corrected chi connectivity index (χ4v) is 5.05. The molecule has 0 spiro atoms. The molecule has 27 heavy (non-hydrogen) atoms. The molecule has 2 aromatic heterocycles. The van der Waals surface area contributed by atoms with Gasteiger partial charge in [0.2, 0.25) is 5.91 Å². The van der Waals surface area contributed by atoms with E-state index >= 15 is 0 Å². The predicted octanol–water partition coefficient (Wildman–Crippen LogP) is 1.94. The SMILES string of the molecule is O=C(c1cc(-c2ccncc2)n[nH]1)N1C[C@H]2C[C@@H](C1)[C@@H]1CCCC(=O)N1C2. The first-order valence-corrected chi connectivity index (χ1v) is 9.73. The minimum absolute atomic E-state index is 0.00749. The van der Waals surface area contributed by atoms with Crippen molar-refractivity contribution in [3.63, 3.8) is 0 Å². The van der Waals surface area contributed by atoms with Gasteiger partial charge in [0.15, 0.2) is 0 Å². The highest BCUT2D eigenvalue weighted by Gasteiger charge is 2.45. The summed E-state index contributed by atoms with van der Waals surface area (Å²) < 4.78 is 0. The number of likely N-dealkylation sites (tertiary alicyclic amines) is 1. The molecule has 7 nitrogen and oxygen atoms in total. The molecule has 5 heterocycles. The van der Waals surface area contributed by atoms with Crippen molar-refractivity contribution in [1.29, 1.82) is 0 Å². The summed E-state index contributed by atoms with van der Waals surface area (Å²) in [5.74, 6) is 1.09. The van der Waals surface area contributed by atoms with Crippen molar-refractivity contribution in [1.82, 2.24) is 25.0 Å². The molecule has 3 aliphatic heterocycles. The van der Waals surface area contributed by atoms with E-state index in [1.54, 1.807) is 12.4 Å². The Balaban J connectivity index is 1.33. The Bertz CT molecular complexity index is 864. The van der Waals surface area contributed by atoms with Crippen LogP contribution < -0.4 is 0 Å². The number of aromatic nitrogens is 3. The molecule has 2 amide bonds. The van der Waals surface area contributed by atoms with Crippen LogP contribution in [0.2, 0.25) is 0 Å². The molecule has 1 N–H and O–H groups in total. The molecule has 0 aliphatic carbocycles. The summed E-state index contributed by atoms with van der Waals surface area (Å²) in [5.41, 5.74) is 2.22. The van der Waals surface area contributed by atoms with Crippen molar-refractivity contribution in [2.45, 2.75) is 31.7 Å². The fraction of sp³-hybridized carbons (Fsp3) is 0.500. The Kier molecular flexibility index (Phi) is 3.95. The zero-order valence-electron chi connectivity index (χ0n) is 15.2. The molecule has 2 aromatic rings. The van der Waals surface area contributed by atoms with Gasteiger partial charge in [0.25, 0.3) is 5.91 Å². The third-order valence-electron chi connectivity index (χ3n) is 6.25. The van der Waals surface area contributed by atoms with Crippen LogP contribution in [0.4, 0.5) is 0 Å². The average Bonchev–Trinajstić information content (AvgIpc) is 3.19. The van der Waals surface area contributed by atoms with Gasteiger partial charge in [-0.2, -0.15) is 5.10 Å². The quantitative estimate of drug-likeness (QED) is 0.882. The molecular formula is C20H23N5O2. The van der Waals surface area contributed by atoms with E-state index in [4.69, 9.17) is 0 Å². The number of fused-ring (bicyclic) bond motifs is 4. The lowest BCUT2D eigenvalue weighted by Crippen LogP contribution is -2.61. The third kappa shape index (κ3) is 2.91. The maximum Gasteiger partial charge on any atom is 0.271 e. The van der Waals surface area contributed by atoms with Crippen molar-refractivity contribution in [2.75, 3.05) is 19.6 Å². The molecular weight excluding hydrogens is 342 g/mol. The number of nitrogens with zero attached hydrogens (tertiary/aromatic N) is 4. The molecule has 3 aliphatic rings. The van der Waals surface area contributed by atoms with Crippen LogP contribution in [0.25, 0.3) is 11.3 Å². The summed E-state index contributed by atoms with van der Waals surface area (Å²) in [7, 11) is 0. The summed E-state index contributed by atoms with van der Waals surface area (Å²) in [4.78, 5) is 33.4. The van der Waals surface area contributed by atoms with Crippen LogP contribution in [0.5, 0.6) is 0 Å². The Labute approximate surface area is 157 Å². The highest BCUT2D eigenvalue weighted by molar-refractivity contribution is 5.93. The summed E-state index contributed by atoms with van der Waals surface area (Å²) in [6.07, 6.45) is 7.30. The van der Waals surface area contributed by atoms with Crippen LogP contribution in [0.1, 0.15) is 36.2 Å². The molecule has 3 saturated heterocycles. The molecule has 7 heteroatoms. The van der Waals surface area contributed by atoms with Crippen molar-refractivity contribution in [2.24, 2.45) is 11.8 Å². The maximum absolute atomic E-state index is 13.1. The lowest BCUT2D eigenvalue weighted by Gasteiger charge is -2.52. The lowest BCUT2D eigenvalue weighted by molar-refractivity contribution is -0.144. The second-order valence-electron chi connectivity index (χ2n) is 7.98. The van der Waals surface area contributed by atoms with E-state index in [1.165, 1.54) is 0 Å². The van der Waals surface area contributed by atoms with Crippen molar-refractivity contribution in [3.8, 4) is 11.3 Å². The van der Waals surface area contributed by atoms with Gasteiger partial charge in [-0.1, -0.05) is 0 Å². The molecule has 3 fully saturated rings. The van der Waals surface area contributed by atoms with Gasteiger partial charge < -0.3 is 9.80 Å². The Morgan fingerprint density at radius 1 is 1.19 bits per heavy atom. The van der Waals surface area contributed by atoms with Crippen LogP contribution in [0.3, 0.4) is 0 Å². The number of pyridine rings is 1. The van der Waals surface area contributed by atoms with Crippen molar-refractivity contribution >= 4 is 11.8 Å². The normalized spacial score (nSPS) is 27.4. The number of aromatic amines is 1. The number of carbonyl (C=O) groups excluding carboxylic acids is 2. The van der Waals surface area contributed by atoms with E-state index in [-0.39, 0.29) is 5.91 Å². The molecule has 0 radical (unpaired) electrons. The smallest absolute Gasteiger partial charge is 0.271 e. The van der Waals surface area contributed by atoms with Gasteiger partial charge in [-0.05, 0) is 49.3 Å². The second kappa shape index (κ2) is 6.48. The highest BCUT2D eigenvalue weighted by atomic mass is 16.2. The van der Waals surface area contributed by atoms with E-state index < -0.39 is 0 Å². The van der Waals surface area contributed by atoms with Crippen LogP contribution in [-0.4, -0.2) is 62.5 Å². The summed E-state index contributed by atoms with van der Waals surface area (Å²) in [5, 5.41) is 7.20. The van der Waals surface area contributed by atoms with Crippen molar-refractivity contribution < 1.29 is 9.59 Å². The van der Waals surface area contributed by atoms with Crippen LogP contribution in [0, 0.1) is 11.8 Å². The average molecular weight is 365 g/mol. The first-order chi connectivity index (χ1) is 13.2. The highest BCUT2D eigenvalue weighted by Crippen LogP contribution is 2.38. The van der Waals surface area contributed by atoms with E-state index in [0.29, 0.717) is 35.9 Å². The molecule has 3 atom stereocenters. The van der Waals surface area contributed by atoms with Crippen LogP contribution in [-0.2, 0) is 4.79 Å². The van der Waals surface area contributed by atoms with E-state index in [9.17, 15) is 9.59 Å².